The molecule has 0 N–H and O–H groups in total. The van der Waals surface area contributed by atoms with Crippen molar-refractivity contribution in [1.29, 1.82) is 0 Å². The minimum atomic E-state index is -0.615. The summed E-state index contributed by atoms with van der Waals surface area (Å²) in [5.41, 5.74) is 1.14. The van der Waals surface area contributed by atoms with Crippen molar-refractivity contribution >= 4 is 88.9 Å². The van der Waals surface area contributed by atoms with Crippen LogP contribution in [-0.2, 0) is 0 Å². The van der Waals surface area contributed by atoms with Crippen molar-refractivity contribution in [2.75, 3.05) is 0 Å². The first-order valence-corrected chi connectivity index (χ1v) is 15.9. The Morgan fingerprint density at radius 1 is 0.292 bits per heavy atom. The van der Waals surface area contributed by atoms with Crippen molar-refractivity contribution < 1.29 is 0 Å². The van der Waals surface area contributed by atoms with Gasteiger partial charge in [0, 0.05) is 43.8 Å². The highest BCUT2D eigenvalue weighted by Crippen LogP contribution is 2.40. The van der Waals surface area contributed by atoms with E-state index in [0.29, 0.717) is 21.5 Å². The largest absolute Gasteiger partial charge is 0.288 e. The van der Waals surface area contributed by atoms with Gasteiger partial charge in [0.15, 0.2) is 21.7 Å². The fourth-order valence-electron chi connectivity index (χ4n) is 9.54. The molecular formula is C42H20O6. The van der Waals surface area contributed by atoms with Gasteiger partial charge in [-0.3, -0.25) is 28.8 Å². The van der Waals surface area contributed by atoms with Gasteiger partial charge >= 0.3 is 0 Å². The highest BCUT2D eigenvalue weighted by molar-refractivity contribution is 6.19. The van der Waals surface area contributed by atoms with Crippen LogP contribution in [0.25, 0.3) is 88.9 Å². The molecule has 6 aromatic carbocycles. The van der Waals surface area contributed by atoms with E-state index in [1.54, 1.807) is 24.3 Å². The Kier molecular flexibility index (Phi) is 4.16. The molecule has 0 amide bonds. The van der Waals surface area contributed by atoms with E-state index >= 15 is 0 Å². The molecule has 6 heteroatoms. The molecule has 224 valence electrons. The Balaban J connectivity index is 1.45. The summed E-state index contributed by atoms with van der Waals surface area (Å²) in [4.78, 5) is 85.4. The Hall–Kier alpha value is -6.14. The average Bonchev–Trinajstić information content (AvgIpc) is 3.71. The standard InChI is InChI=1S/C42H20O6/c1-13-21-9-17-5-6-19-11-23-15(3)26-16(4)24-12-20(40(46)36-30(24)32(26)29(23)35(39(19)45)42(36)48)8-7-18-10-22-14(2)25(13)31-27(21)33(37(17)43)41(47)34(28(22)31)38(18)44/h5-12H,1-4H3/b6-5-,8-7-. The zero-order valence-corrected chi connectivity index (χ0v) is 26.1. The van der Waals surface area contributed by atoms with Crippen LogP contribution < -0.4 is 32.6 Å². The molecule has 0 aromatic heterocycles. The van der Waals surface area contributed by atoms with E-state index in [0.717, 1.165) is 64.7 Å². The minimum absolute atomic E-state index is 0.0413. The number of benzene rings is 6. The van der Waals surface area contributed by atoms with Crippen molar-refractivity contribution in [3.63, 3.8) is 0 Å². The van der Waals surface area contributed by atoms with Crippen molar-refractivity contribution in [1.82, 2.24) is 0 Å². The summed E-state index contributed by atoms with van der Waals surface area (Å²) in [6, 6.07) is 7.02. The zero-order valence-electron chi connectivity index (χ0n) is 26.1. The van der Waals surface area contributed by atoms with Gasteiger partial charge in [0.2, 0.25) is 10.9 Å². The lowest BCUT2D eigenvalue weighted by molar-refractivity contribution is 1.42. The summed E-state index contributed by atoms with van der Waals surface area (Å²) in [7, 11) is 0. The third-order valence-corrected chi connectivity index (χ3v) is 11.6. The number of rotatable bonds is 0. The first kappa shape index (κ1) is 26.0. The van der Waals surface area contributed by atoms with E-state index in [4.69, 9.17) is 0 Å². The highest BCUT2D eigenvalue weighted by Gasteiger charge is 2.29. The fourth-order valence-corrected chi connectivity index (χ4v) is 9.54. The molecule has 0 heterocycles. The van der Waals surface area contributed by atoms with Crippen LogP contribution in [0.4, 0.5) is 0 Å². The van der Waals surface area contributed by atoms with Crippen LogP contribution in [0.15, 0.2) is 53.0 Å². The molecule has 0 aliphatic heterocycles. The predicted molar refractivity (Wildman–Crippen MR) is 192 cm³/mol. The number of aryl methyl sites for hydroxylation is 4. The van der Waals surface area contributed by atoms with Gasteiger partial charge in [0.05, 0.1) is 21.5 Å². The van der Waals surface area contributed by atoms with Gasteiger partial charge in [0.25, 0.3) is 0 Å². The van der Waals surface area contributed by atoms with Gasteiger partial charge in [-0.2, -0.15) is 0 Å². The van der Waals surface area contributed by atoms with E-state index in [1.165, 1.54) is 24.3 Å². The first-order chi connectivity index (χ1) is 23.0. The summed E-state index contributed by atoms with van der Waals surface area (Å²) < 4.78 is 0. The summed E-state index contributed by atoms with van der Waals surface area (Å²) >= 11 is 0. The van der Waals surface area contributed by atoms with Crippen LogP contribution >= 0.6 is 0 Å². The van der Waals surface area contributed by atoms with E-state index in [1.807, 2.05) is 27.7 Å². The third-order valence-electron chi connectivity index (χ3n) is 11.6. The Morgan fingerprint density at radius 2 is 0.521 bits per heavy atom. The summed E-state index contributed by atoms with van der Waals surface area (Å²) in [6.07, 6.45) is 6.10. The second-order valence-corrected chi connectivity index (χ2v) is 13.7. The van der Waals surface area contributed by atoms with Gasteiger partial charge in [-0.1, -0.05) is 24.3 Å². The number of hydrogen-bond acceptors (Lipinski definition) is 6. The van der Waals surface area contributed by atoms with Gasteiger partial charge in [0.1, 0.15) is 0 Å². The molecule has 0 atom stereocenters. The molecule has 0 saturated carbocycles. The maximum atomic E-state index is 14.3. The molecule has 0 radical (unpaired) electrons. The van der Waals surface area contributed by atoms with Crippen LogP contribution in [0, 0.1) is 48.6 Å². The molecule has 48 heavy (non-hydrogen) atoms. The highest BCUT2D eigenvalue weighted by atomic mass is 16.1. The van der Waals surface area contributed by atoms with E-state index in [-0.39, 0.29) is 43.8 Å². The van der Waals surface area contributed by atoms with Crippen LogP contribution in [0.3, 0.4) is 0 Å². The Morgan fingerprint density at radius 3 is 0.750 bits per heavy atom. The normalized spacial score (nSPS) is 15.1. The van der Waals surface area contributed by atoms with Crippen LogP contribution in [0.5, 0.6) is 0 Å². The van der Waals surface area contributed by atoms with Crippen LogP contribution in [-0.4, -0.2) is 0 Å². The van der Waals surface area contributed by atoms with E-state index in [9.17, 15) is 28.8 Å². The second kappa shape index (κ2) is 7.69. The Labute approximate surface area is 267 Å². The molecule has 5 aliphatic rings. The summed E-state index contributed by atoms with van der Waals surface area (Å²) in [5, 5.41) is 8.46. The summed E-state index contributed by atoms with van der Waals surface area (Å²) in [6.45, 7) is 7.83. The molecule has 0 fully saturated rings. The number of fused-ring (bicyclic) bond motifs is 4. The van der Waals surface area contributed by atoms with Gasteiger partial charge in [-0.05, 0) is 117 Å². The summed E-state index contributed by atoms with van der Waals surface area (Å²) in [5.74, 6) is 0. The van der Waals surface area contributed by atoms with E-state index in [2.05, 4.69) is 0 Å². The average molecular weight is 621 g/mol. The SMILES string of the molecule is Cc1c2c(C)c3cc4c(=O)c5c(=O)c6c(=O)c(cc1c6c=2c35)/C=C\c1cc2c(C)c3c(C)c5cc(c(=O)c6c(=O)c(c1=O)c2c=3c56)/C=C\4. The third kappa shape index (κ3) is 2.48. The zero-order chi connectivity index (χ0) is 33.0. The molecule has 6 aromatic rings. The quantitative estimate of drug-likeness (QED) is 0.205. The monoisotopic (exact) mass is 620 g/mol. The molecule has 6 nitrogen and oxygen atoms in total. The smallest absolute Gasteiger partial charge is 0.202 e. The molecule has 0 spiro atoms. The molecule has 11 rings (SSSR count). The van der Waals surface area contributed by atoms with Crippen molar-refractivity contribution in [3.8, 4) is 0 Å². The van der Waals surface area contributed by atoms with Gasteiger partial charge in [-0.15, -0.1) is 0 Å². The predicted octanol–water partition coefficient (Wildman–Crippen LogP) is 5.61. The maximum Gasteiger partial charge on any atom is 0.202 e. The lowest BCUT2D eigenvalue weighted by Crippen LogP contribution is -2.22. The molecule has 5 aliphatic carbocycles. The van der Waals surface area contributed by atoms with Crippen molar-refractivity contribution in [2.45, 2.75) is 27.7 Å². The van der Waals surface area contributed by atoms with Crippen molar-refractivity contribution in [2.24, 2.45) is 0 Å². The maximum absolute atomic E-state index is 14.3. The van der Waals surface area contributed by atoms with Crippen LogP contribution in [0.2, 0.25) is 0 Å². The van der Waals surface area contributed by atoms with Gasteiger partial charge in [-0.25, -0.2) is 0 Å². The van der Waals surface area contributed by atoms with E-state index < -0.39 is 32.6 Å². The molecular weight excluding hydrogens is 600 g/mol. The molecule has 0 unspecified atom stereocenters. The molecule has 8 bridgehead atoms. The fraction of sp³-hybridized carbons (Fsp3) is 0.0952. The second-order valence-electron chi connectivity index (χ2n) is 13.7. The lowest BCUT2D eigenvalue weighted by atomic mass is 9.92. The Bertz CT molecular complexity index is 3240. The lowest BCUT2D eigenvalue weighted by Gasteiger charge is -2.08. The molecule has 0 saturated heterocycles. The van der Waals surface area contributed by atoms with Crippen molar-refractivity contribution in [3.05, 3.63) is 151 Å². The minimum Gasteiger partial charge on any atom is -0.288 e. The number of hydrogen-bond donors (Lipinski definition) is 0. The van der Waals surface area contributed by atoms with Gasteiger partial charge < -0.3 is 0 Å². The topological polar surface area (TPSA) is 102 Å². The first-order valence-electron chi connectivity index (χ1n) is 15.9. The van der Waals surface area contributed by atoms with Crippen LogP contribution in [0.1, 0.15) is 44.5 Å².